The van der Waals surface area contributed by atoms with Crippen molar-refractivity contribution in [3.8, 4) is 0 Å². The molecule has 0 spiro atoms. The van der Waals surface area contributed by atoms with Gasteiger partial charge in [0.05, 0.1) is 29.4 Å². The molecule has 1 aliphatic carbocycles. The van der Waals surface area contributed by atoms with Crippen molar-refractivity contribution in [3.05, 3.63) is 30.0 Å². The summed E-state index contributed by atoms with van der Waals surface area (Å²) < 4.78 is 0. The van der Waals surface area contributed by atoms with Crippen LogP contribution in [0.5, 0.6) is 0 Å². The van der Waals surface area contributed by atoms with Gasteiger partial charge in [0.15, 0.2) is 0 Å². The SMILES string of the molecule is Cl.O=C(N[C@H]1C[C@H]2CNC[C@H]2C[C@@H]1O)c1cccc2cn[nH]c12. The van der Waals surface area contributed by atoms with Gasteiger partial charge in [0.1, 0.15) is 0 Å². The summed E-state index contributed by atoms with van der Waals surface area (Å²) in [6, 6.07) is 5.37. The van der Waals surface area contributed by atoms with Crippen LogP contribution in [0.2, 0.25) is 0 Å². The lowest BCUT2D eigenvalue weighted by atomic mass is 9.77. The van der Waals surface area contributed by atoms with E-state index in [-0.39, 0.29) is 24.4 Å². The molecule has 1 aromatic heterocycles. The Bertz CT molecular complexity index is 704. The molecule has 1 aliphatic heterocycles. The van der Waals surface area contributed by atoms with Crippen LogP contribution in [0, 0.1) is 11.8 Å². The van der Waals surface area contributed by atoms with E-state index >= 15 is 0 Å². The Kier molecular flexibility index (Phi) is 4.57. The summed E-state index contributed by atoms with van der Waals surface area (Å²) in [4.78, 5) is 12.6. The highest BCUT2D eigenvalue weighted by Crippen LogP contribution is 2.33. The molecule has 2 aliphatic rings. The molecule has 4 atom stereocenters. The van der Waals surface area contributed by atoms with Gasteiger partial charge in [-0.3, -0.25) is 9.89 Å². The third-order valence-corrected chi connectivity index (χ3v) is 5.08. The Hall–Kier alpha value is -1.63. The predicted octanol–water partition coefficient (Wildman–Crippen LogP) is 1.07. The van der Waals surface area contributed by atoms with E-state index in [0.717, 1.165) is 36.8 Å². The standard InChI is InChI=1S/C16H20N4O2.ClH/c21-14-5-11-7-17-6-10(11)4-13(14)19-16(22)12-3-1-2-9-8-18-20-15(9)12;/h1-3,8,10-11,13-14,17,21H,4-7H2,(H,18,20)(H,19,22);1H/t10-,11+,13-,14-;/m0./s1. The molecule has 6 nitrogen and oxygen atoms in total. The molecule has 4 rings (SSSR count). The summed E-state index contributed by atoms with van der Waals surface area (Å²) in [5.41, 5.74) is 1.32. The maximum Gasteiger partial charge on any atom is 0.253 e. The number of fused-ring (bicyclic) bond motifs is 2. The van der Waals surface area contributed by atoms with Crippen LogP contribution < -0.4 is 10.6 Å². The van der Waals surface area contributed by atoms with E-state index in [4.69, 9.17) is 0 Å². The lowest BCUT2D eigenvalue weighted by Crippen LogP contribution is -2.49. The van der Waals surface area contributed by atoms with E-state index < -0.39 is 6.10 Å². The van der Waals surface area contributed by atoms with Gasteiger partial charge in [0, 0.05) is 5.39 Å². The number of aromatic nitrogens is 2. The molecular weight excluding hydrogens is 316 g/mol. The van der Waals surface area contributed by atoms with Crippen LogP contribution in [0.1, 0.15) is 23.2 Å². The van der Waals surface area contributed by atoms with Gasteiger partial charge in [-0.05, 0) is 43.8 Å². The number of halogens is 1. The molecule has 2 heterocycles. The van der Waals surface area contributed by atoms with Gasteiger partial charge in [0.25, 0.3) is 5.91 Å². The van der Waals surface area contributed by atoms with Crippen LogP contribution in [0.15, 0.2) is 24.4 Å². The first-order chi connectivity index (χ1) is 10.7. The third kappa shape index (κ3) is 2.94. The number of nitrogens with one attached hydrogen (secondary N) is 3. The number of aliphatic hydroxyl groups excluding tert-OH is 1. The lowest BCUT2D eigenvalue weighted by Gasteiger charge is -2.35. The monoisotopic (exact) mass is 336 g/mol. The number of carbonyl (C=O) groups is 1. The number of aliphatic hydroxyl groups is 1. The fraction of sp³-hybridized carbons (Fsp3) is 0.500. The molecule has 1 aromatic carbocycles. The number of hydrogen-bond acceptors (Lipinski definition) is 4. The van der Waals surface area contributed by atoms with Gasteiger partial charge >= 0.3 is 0 Å². The topological polar surface area (TPSA) is 90.0 Å². The molecule has 7 heteroatoms. The van der Waals surface area contributed by atoms with Crippen molar-refractivity contribution in [3.63, 3.8) is 0 Å². The third-order valence-electron chi connectivity index (χ3n) is 5.08. The van der Waals surface area contributed by atoms with Crippen molar-refractivity contribution in [1.29, 1.82) is 0 Å². The Morgan fingerprint density at radius 1 is 1.26 bits per heavy atom. The van der Waals surface area contributed by atoms with Crippen molar-refractivity contribution < 1.29 is 9.90 Å². The molecular formula is C16H21ClN4O2. The summed E-state index contributed by atoms with van der Waals surface area (Å²) in [6.45, 7) is 1.97. The zero-order valence-electron chi connectivity index (χ0n) is 12.7. The van der Waals surface area contributed by atoms with Gasteiger partial charge in [-0.25, -0.2) is 0 Å². The summed E-state index contributed by atoms with van der Waals surface area (Å²) in [7, 11) is 0. The van der Waals surface area contributed by atoms with Crippen LogP contribution in [0.4, 0.5) is 0 Å². The Morgan fingerprint density at radius 2 is 2.04 bits per heavy atom. The number of H-pyrrole nitrogens is 1. The summed E-state index contributed by atoms with van der Waals surface area (Å²) in [5, 5.41) is 24.5. The Morgan fingerprint density at radius 3 is 2.87 bits per heavy atom. The molecule has 0 unspecified atom stereocenters. The highest BCUT2D eigenvalue weighted by Gasteiger charge is 2.39. The number of rotatable bonds is 2. The zero-order valence-corrected chi connectivity index (χ0v) is 13.5. The highest BCUT2D eigenvalue weighted by atomic mass is 35.5. The number of benzene rings is 1. The normalized spacial score (nSPS) is 29.8. The number of carbonyl (C=O) groups excluding carboxylic acids is 1. The number of para-hydroxylation sites is 1. The molecule has 1 saturated heterocycles. The number of amides is 1. The zero-order chi connectivity index (χ0) is 15.1. The van der Waals surface area contributed by atoms with Crippen LogP contribution in [-0.4, -0.2) is 46.4 Å². The van der Waals surface area contributed by atoms with Gasteiger partial charge in [-0.1, -0.05) is 12.1 Å². The van der Waals surface area contributed by atoms with E-state index in [1.807, 2.05) is 12.1 Å². The smallest absolute Gasteiger partial charge is 0.253 e. The van der Waals surface area contributed by atoms with E-state index in [0.29, 0.717) is 17.4 Å². The number of aromatic amines is 1. The first kappa shape index (κ1) is 16.2. The fourth-order valence-corrected chi connectivity index (χ4v) is 3.86. The molecule has 0 bridgehead atoms. The minimum Gasteiger partial charge on any atom is -0.391 e. The molecule has 124 valence electrons. The van der Waals surface area contributed by atoms with E-state index in [9.17, 15) is 9.90 Å². The van der Waals surface area contributed by atoms with Gasteiger partial charge in [0.2, 0.25) is 0 Å². The summed E-state index contributed by atoms with van der Waals surface area (Å²) in [5.74, 6) is 0.944. The van der Waals surface area contributed by atoms with Crippen molar-refractivity contribution in [2.45, 2.75) is 25.0 Å². The minimum atomic E-state index is -0.467. The quantitative estimate of drug-likeness (QED) is 0.660. The van der Waals surface area contributed by atoms with Gasteiger partial charge in [-0.15, -0.1) is 12.4 Å². The highest BCUT2D eigenvalue weighted by molar-refractivity contribution is 6.05. The lowest BCUT2D eigenvalue weighted by molar-refractivity contribution is 0.0462. The average Bonchev–Trinajstić information content (AvgIpc) is 3.15. The second-order valence-corrected chi connectivity index (χ2v) is 6.44. The molecule has 23 heavy (non-hydrogen) atoms. The molecule has 1 saturated carbocycles. The number of hydrogen-bond donors (Lipinski definition) is 4. The summed E-state index contributed by atoms with van der Waals surface area (Å²) >= 11 is 0. The van der Waals surface area contributed by atoms with E-state index in [2.05, 4.69) is 20.8 Å². The van der Waals surface area contributed by atoms with E-state index in [1.54, 1.807) is 12.3 Å². The number of nitrogens with zero attached hydrogens (tertiary/aromatic N) is 1. The van der Waals surface area contributed by atoms with Crippen molar-refractivity contribution in [2.75, 3.05) is 13.1 Å². The molecule has 1 amide bonds. The molecule has 2 aromatic rings. The molecule has 4 N–H and O–H groups in total. The average molecular weight is 337 g/mol. The predicted molar refractivity (Wildman–Crippen MR) is 89.7 cm³/mol. The first-order valence-electron chi connectivity index (χ1n) is 7.84. The van der Waals surface area contributed by atoms with Gasteiger partial charge < -0.3 is 15.7 Å². The maximum atomic E-state index is 12.6. The van der Waals surface area contributed by atoms with Gasteiger partial charge in [-0.2, -0.15) is 5.10 Å². The Balaban J connectivity index is 0.00000156. The van der Waals surface area contributed by atoms with E-state index in [1.165, 1.54) is 0 Å². The fourth-order valence-electron chi connectivity index (χ4n) is 3.86. The largest absolute Gasteiger partial charge is 0.391 e. The van der Waals surface area contributed by atoms with Crippen molar-refractivity contribution >= 4 is 29.2 Å². The second-order valence-electron chi connectivity index (χ2n) is 6.44. The second kappa shape index (κ2) is 6.47. The van der Waals surface area contributed by atoms with Crippen molar-refractivity contribution in [2.24, 2.45) is 11.8 Å². The van der Waals surface area contributed by atoms with Crippen LogP contribution >= 0.6 is 12.4 Å². The maximum absolute atomic E-state index is 12.6. The summed E-state index contributed by atoms with van der Waals surface area (Å²) in [6.07, 6.45) is 2.84. The Labute approximate surface area is 140 Å². The molecule has 0 radical (unpaired) electrons. The molecule has 2 fully saturated rings. The van der Waals surface area contributed by atoms with Crippen LogP contribution in [0.25, 0.3) is 10.9 Å². The minimum absolute atomic E-state index is 0. The van der Waals surface area contributed by atoms with Crippen LogP contribution in [-0.2, 0) is 0 Å². The van der Waals surface area contributed by atoms with Crippen molar-refractivity contribution in [1.82, 2.24) is 20.8 Å². The first-order valence-corrected chi connectivity index (χ1v) is 7.84. The van der Waals surface area contributed by atoms with Crippen LogP contribution in [0.3, 0.4) is 0 Å².